The molecule has 16 heteroatoms. The van der Waals surface area contributed by atoms with E-state index in [1.54, 1.807) is 12.1 Å². The summed E-state index contributed by atoms with van der Waals surface area (Å²) in [4.78, 5) is 24.1. The number of ether oxygens (including phenoxy) is 2. The van der Waals surface area contributed by atoms with E-state index in [1.165, 1.54) is 29.4 Å². The Hall–Kier alpha value is -3.44. The Morgan fingerprint density at radius 3 is 2.51 bits per heavy atom. The number of anilines is 1. The van der Waals surface area contributed by atoms with Crippen LogP contribution >= 0.6 is 0 Å². The van der Waals surface area contributed by atoms with Crippen LogP contribution < -0.4 is 15.2 Å². The van der Waals surface area contributed by atoms with Crippen molar-refractivity contribution in [2.45, 2.75) is 82.3 Å². The number of halogens is 1. The van der Waals surface area contributed by atoms with Gasteiger partial charge in [0.25, 0.3) is 0 Å². The maximum Gasteiger partial charge on any atom is 0.362 e. The highest BCUT2D eigenvalue weighted by molar-refractivity contribution is 7.85. The Bertz CT molecular complexity index is 1460. The van der Waals surface area contributed by atoms with E-state index in [0.717, 1.165) is 44.9 Å². The van der Waals surface area contributed by atoms with Gasteiger partial charge in [-0.05, 0) is 25.0 Å². The molecule has 1 aliphatic rings. The summed E-state index contributed by atoms with van der Waals surface area (Å²) in [5.74, 6) is -0.371. The average Bonchev–Trinajstić information content (AvgIpc) is 3.51. The molecule has 43 heavy (non-hydrogen) atoms. The molecule has 1 amide bonds. The predicted molar refractivity (Wildman–Crippen MR) is 152 cm³/mol. The molecule has 1 saturated heterocycles. The summed E-state index contributed by atoms with van der Waals surface area (Å²) in [5, 5.41) is 20.9. The number of aromatic nitrogens is 4. The smallest absolute Gasteiger partial charge is 0.362 e. The molecule has 4 atom stereocenters. The molecule has 0 saturated carbocycles. The van der Waals surface area contributed by atoms with Gasteiger partial charge in [0.05, 0.1) is 19.5 Å². The average molecular weight is 625 g/mol. The second-order valence-electron chi connectivity index (χ2n) is 10.3. The summed E-state index contributed by atoms with van der Waals surface area (Å²) >= 11 is 0. The third kappa shape index (κ3) is 9.27. The largest absolute Gasteiger partial charge is 0.493 e. The Labute approximate surface area is 248 Å². The van der Waals surface area contributed by atoms with Gasteiger partial charge in [0, 0.05) is 12.5 Å². The van der Waals surface area contributed by atoms with Crippen LogP contribution in [0.2, 0.25) is 0 Å². The van der Waals surface area contributed by atoms with Gasteiger partial charge >= 0.3 is 10.3 Å². The summed E-state index contributed by atoms with van der Waals surface area (Å²) < 4.78 is 56.9. The van der Waals surface area contributed by atoms with E-state index in [4.69, 9.17) is 19.4 Å². The highest BCUT2D eigenvalue weighted by atomic mass is 32.2. The van der Waals surface area contributed by atoms with Crippen LogP contribution in [0.1, 0.15) is 64.0 Å². The number of unbranched alkanes of at least 4 members (excludes halogenated alkanes) is 7. The fraction of sp³-hybridized carbons (Fsp3) is 0.556. The second kappa shape index (κ2) is 15.3. The van der Waals surface area contributed by atoms with Gasteiger partial charge in [-0.15, -0.1) is 0 Å². The van der Waals surface area contributed by atoms with Crippen molar-refractivity contribution in [2.24, 2.45) is 0 Å². The lowest BCUT2D eigenvalue weighted by atomic mass is 10.1. The van der Waals surface area contributed by atoms with Crippen molar-refractivity contribution in [3.63, 3.8) is 0 Å². The number of rotatable bonds is 17. The number of nitrogens with one attached hydrogen (secondary N) is 1. The highest BCUT2D eigenvalue weighted by Crippen LogP contribution is 2.32. The van der Waals surface area contributed by atoms with Crippen molar-refractivity contribution in [1.82, 2.24) is 24.2 Å². The molecular weight excluding hydrogens is 587 g/mol. The van der Waals surface area contributed by atoms with Gasteiger partial charge in [-0.3, -0.25) is 13.5 Å². The molecule has 0 spiro atoms. The van der Waals surface area contributed by atoms with Gasteiger partial charge in [-0.2, -0.15) is 8.42 Å². The van der Waals surface area contributed by atoms with Gasteiger partial charge in [0.2, 0.25) is 5.91 Å². The molecule has 0 bridgehead atoms. The molecule has 2 aromatic heterocycles. The standard InChI is InChI=1S/C27H37FN6O8S/c28-18-10-9-11-19(14-18)40-13-8-6-4-2-1-3-5-7-12-21(35)33-43(38,39)41-15-20-23(36)24(37)27(42-20)34-17-32-22-25(29)30-16-31-26(22)34/h9-11,14,16-17,20,23-24,27,36-37H,1-8,12-13,15H2,(H,33,35)(H2,29,30,31)/t20-,23-,24-,27-/m1/s1. The van der Waals surface area contributed by atoms with Gasteiger partial charge < -0.3 is 25.4 Å². The number of imidazole rings is 1. The molecule has 0 unspecified atom stereocenters. The number of nitrogens with two attached hydrogens (primary N) is 1. The number of carbonyl (C=O) groups is 1. The van der Waals surface area contributed by atoms with E-state index in [0.29, 0.717) is 18.8 Å². The van der Waals surface area contributed by atoms with Crippen molar-refractivity contribution >= 4 is 33.2 Å². The number of carbonyl (C=O) groups excluding carboxylic acids is 1. The molecule has 14 nitrogen and oxygen atoms in total. The van der Waals surface area contributed by atoms with Crippen LogP contribution in [0.5, 0.6) is 5.75 Å². The minimum atomic E-state index is -4.46. The fourth-order valence-corrected chi connectivity index (χ4v) is 5.48. The lowest BCUT2D eigenvalue weighted by Gasteiger charge is -2.16. The molecule has 0 radical (unpaired) electrons. The first kappa shape index (κ1) is 32.5. The summed E-state index contributed by atoms with van der Waals surface area (Å²) in [7, 11) is -4.46. The summed E-state index contributed by atoms with van der Waals surface area (Å²) in [6.45, 7) is -0.103. The number of hydrogen-bond acceptors (Lipinski definition) is 12. The zero-order valence-corrected chi connectivity index (χ0v) is 24.4. The summed E-state index contributed by atoms with van der Waals surface area (Å²) in [6, 6.07) is 6.07. The monoisotopic (exact) mass is 624 g/mol. The Morgan fingerprint density at radius 2 is 1.77 bits per heavy atom. The molecule has 236 valence electrons. The van der Waals surface area contributed by atoms with Gasteiger partial charge in [-0.25, -0.2) is 24.1 Å². The number of aliphatic hydroxyl groups is 2. The molecule has 1 aromatic carbocycles. The minimum absolute atomic E-state index is 0.0159. The summed E-state index contributed by atoms with van der Waals surface area (Å²) in [6.07, 6.45) is 4.43. The van der Waals surface area contributed by atoms with Crippen LogP contribution in [0.3, 0.4) is 0 Å². The Morgan fingerprint density at radius 1 is 1.05 bits per heavy atom. The molecular formula is C27H37FN6O8S. The van der Waals surface area contributed by atoms with Crippen LogP contribution in [-0.2, 0) is 24.0 Å². The van der Waals surface area contributed by atoms with E-state index < -0.39 is 47.4 Å². The molecule has 4 rings (SSSR count). The lowest BCUT2D eigenvalue weighted by Crippen LogP contribution is -2.37. The third-order valence-electron chi connectivity index (χ3n) is 6.99. The fourth-order valence-electron chi connectivity index (χ4n) is 4.72. The van der Waals surface area contributed by atoms with Crippen molar-refractivity contribution in [1.29, 1.82) is 0 Å². The van der Waals surface area contributed by atoms with Crippen LogP contribution in [0, 0.1) is 5.82 Å². The van der Waals surface area contributed by atoms with Crippen LogP contribution in [-0.4, -0.2) is 75.6 Å². The number of nitrogens with zero attached hydrogens (tertiary/aromatic N) is 4. The molecule has 0 aliphatic carbocycles. The quantitative estimate of drug-likeness (QED) is 0.160. The van der Waals surface area contributed by atoms with E-state index >= 15 is 0 Å². The van der Waals surface area contributed by atoms with Crippen molar-refractivity contribution < 1.29 is 41.5 Å². The van der Waals surface area contributed by atoms with Crippen molar-refractivity contribution in [2.75, 3.05) is 18.9 Å². The summed E-state index contributed by atoms with van der Waals surface area (Å²) in [5.41, 5.74) is 6.31. The van der Waals surface area contributed by atoms with E-state index in [9.17, 15) is 27.8 Å². The SMILES string of the molecule is Nc1ncnc2c1ncn2[C@@H]1O[C@H](COS(=O)(=O)NC(=O)CCCCCCCCCCOc2cccc(F)c2)[C@@H](O)[C@H]1O. The van der Waals surface area contributed by atoms with Gasteiger partial charge in [-0.1, -0.05) is 44.6 Å². The zero-order valence-electron chi connectivity index (χ0n) is 23.5. The first-order valence-electron chi connectivity index (χ1n) is 14.2. The number of amides is 1. The molecule has 3 heterocycles. The van der Waals surface area contributed by atoms with Crippen molar-refractivity contribution in [3.05, 3.63) is 42.7 Å². The van der Waals surface area contributed by atoms with E-state index in [2.05, 4.69) is 15.0 Å². The lowest BCUT2D eigenvalue weighted by molar-refractivity contribution is -0.119. The third-order valence-corrected chi connectivity index (χ3v) is 7.91. The van der Waals surface area contributed by atoms with Crippen molar-refractivity contribution in [3.8, 4) is 5.75 Å². The molecule has 3 aromatic rings. The van der Waals surface area contributed by atoms with E-state index in [1.807, 2.05) is 4.72 Å². The number of nitrogen functional groups attached to an aromatic ring is 1. The maximum atomic E-state index is 13.1. The van der Waals surface area contributed by atoms with Gasteiger partial charge in [0.15, 0.2) is 17.7 Å². The minimum Gasteiger partial charge on any atom is -0.493 e. The first-order valence-corrected chi connectivity index (χ1v) is 15.6. The van der Waals surface area contributed by atoms with Gasteiger partial charge in [0.1, 0.15) is 41.7 Å². The van der Waals surface area contributed by atoms with E-state index in [-0.39, 0.29) is 29.2 Å². The van der Waals surface area contributed by atoms with Crippen LogP contribution in [0.4, 0.5) is 10.2 Å². The highest BCUT2D eigenvalue weighted by Gasteiger charge is 2.45. The number of hydrogen-bond donors (Lipinski definition) is 4. The Kier molecular flexibility index (Phi) is 11.6. The van der Waals surface area contributed by atoms with Crippen LogP contribution in [0.15, 0.2) is 36.9 Å². The predicted octanol–water partition coefficient (Wildman–Crippen LogP) is 2.13. The molecule has 1 aliphatic heterocycles. The first-order chi connectivity index (χ1) is 20.6. The normalized spacial score (nSPS) is 20.4. The zero-order chi connectivity index (χ0) is 30.8. The topological polar surface area (TPSA) is 201 Å². The number of aliphatic hydroxyl groups excluding tert-OH is 2. The van der Waals surface area contributed by atoms with Crippen LogP contribution in [0.25, 0.3) is 11.2 Å². The molecule has 1 fully saturated rings. The second-order valence-corrected chi connectivity index (χ2v) is 11.6. The number of fused-ring (bicyclic) bond motifs is 1. The number of benzene rings is 1. The Balaban J connectivity index is 1.06. The maximum absolute atomic E-state index is 13.1. The molecule has 5 N–H and O–H groups in total.